The highest BCUT2D eigenvalue weighted by Crippen LogP contribution is 2.26. The van der Waals surface area contributed by atoms with E-state index in [1.54, 1.807) is 6.07 Å². The highest BCUT2D eigenvalue weighted by Gasteiger charge is 2.09. The van der Waals surface area contributed by atoms with Crippen LogP contribution in [0.5, 0.6) is 0 Å². The lowest BCUT2D eigenvalue weighted by Gasteiger charge is -2.13. The van der Waals surface area contributed by atoms with Crippen molar-refractivity contribution in [1.82, 2.24) is 5.32 Å². The first-order valence-electron chi connectivity index (χ1n) is 6.15. The number of hydrogen-bond acceptors (Lipinski definition) is 1. The van der Waals surface area contributed by atoms with Gasteiger partial charge in [0.1, 0.15) is 5.82 Å². The second kappa shape index (κ2) is 5.32. The maximum absolute atomic E-state index is 13.9. The summed E-state index contributed by atoms with van der Waals surface area (Å²) in [5.41, 5.74) is 3.85. The Morgan fingerprint density at radius 3 is 2.33 bits per heavy atom. The molecule has 0 saturated heterocycles. The summed E-state index contributed by atoms with van der Waals surface area (Å²) in [5, 5.41) is 3.17. The highest BCUT2D eigenvalue weighted by atomic mass is 19.1. The van der Waals surface area contributed by atoms with Crippen molar-refractivity contribution in [3.8, 4) is 11.1 Å². The van der Waals surface area contributed by atoms with Crippen molar-refractivity contribution in [1.29, 1.82) is 0 Å². The average molecular weight is 243 g/mol. The van der Waals surface area contributed by atoms with Gasteiger partial charge in [-0.2, -0.15) is 0 Å². The zero-order valence-corrected chi connectivity index (χ0v) is 11.0. The Hall–Kier alpha value is -1.67. The third kappa shape index (κ3) is 2.59. The Morgan fingerprint density at radius 1 is 1.06 bits per heavy atom. The third-order valence-corrected chi connectivity index (χ3v) is 3.29. The molecule has 0 spiro atoms. The van der Waals surface area contributed by atoms with Crippen molar-refractivity contribution in [2.45, 2.75) is 19.9 Å². The molecule has 0 aliphatic heterocycles. The van der Waals surface area contributed by atoms with E-state index in [9.17, 15) is 4.39 Å². The van der Waals surface area contributed by atoms with Gasteiger partial charge in [-0.25, -0.2) is 4.39 Å². The number of halogens is 1. The Balaban J connectivity index is 2.46. The molecule has 0 fully saturated rings. The number of rotatable bonds is 3. The molecule has 0 amide bonds. The van der Waals surface area contributed by atoms with Crippen LogP contribution in [0.1, 0.15) is 24.1 Å². The van der Waals surface area contributed by atoms with Crippen LogP contribution in [0.2, 0.25) is 0 Å². The molecule has 0 aliphatic carbocycles. The molecule has 0 bridgehead atoms. The van der Waals surface area contributed by atoms with Gasteiger partial charge in [0.05, 0.1) is 0 Å². The van der Waals surface area contributed by atoms with E-state index in [1.165, 1.54) is 5.56 Å². The second-order valence-electron chi connectivity index (χ2n) is 4.62. The predicted molar refractivity (Wildman–Crippen MR) is 74.0 cm³/mol. The van der Waals surface area contributed by atoms with Crippen LogP contribution >= 0.6 is 0 Å². The molecule has 0 aromatic heterocycles. The first-order chi connectivity index (χ1) is 8.61. The molecule has 1 nitrogen and oxygen atoms in total. The quantitative estimate of drug-likeness (QED) is 0.856. The van der Waals surface area contributed by atoms with Crippen LogP contribution in [0.3, 0.4) is 0 Å². The zero-order chi connectivity index (χ0) is 13.1. The van der Waals surface area contributed by atoms with Crippen LogP contribution in [0.4, 0.5) is 4.39 Å². The van der Waals surface area contributed by atoms with Gasteiger partial charge in [0, 0.05) is 11.6 Å². The molecule has 18 heavy (non-hydrogen) atoms. The van der Waals surface area contributed by atoms with Crippen LogP contribution in [0.15, 0.2) is 42.5 Å². The average Bonchev–Trinajstić information content (AvgIpc) is 2.39. The minimum atomic E-state index is -0.175. The van der Waals surface area contributed by atoms with Gasteiger partial charge in [0.15, 0.2) is 0 Å². The summed E-state index contributed by atoms with van der Waals surface area (Å²) in [6, 6.07) is 13.4. The monoisotopic (exact) mass is 243 g/mol. The van der Waals surface area contributed by atoms with E-state index in [4.69, 9.17) is 0 Å². The molecule has 94 valence electrons. The lowest BCUT2D eigenvalue weighted by molar-refractivity contribution is 0.622. The molecule has 2 rings (SSSR count). The fourth-order valence-corrected chi connectivity index (χ4v) is 1.93. The minimum absolute atomic E-state index is 0.175. The number of nitrogens with one attached hydrogen (secondary N) is 1. The number of hydrogen-bond donors (Lipinski definition) is 1. The molecule has 0 heterocycles. The Bertz CT molecular complexity index is 531. The second-order valence-corrected chi connectivity index (χ2v) is 4.62. The van der Waals surface area contributed by atoms with Gasteiger partial charge in [-0.1, -0.05) is 35.9 Å². The summed E-state index contributed by atoms with van der Waals surface area (Å²) >= 11 is 0. The van der Waals surface area contributed by atoms with Gasteiger partial charge in [-0.05, 0) is 44.2 Å². The standard InChI is InChI=1S/C16H18FN/c1-11-4-6-13(7-5-11)15-10-14(12(2)18-3)8-9-16(15)17/h4-10,12,18H,1-3H3. The van der Waals surface area contributed by atoms with Crippen molar-refractivity contribution in [2.75, 3.05) is 7.05 Å². The summed E-state index contributed by atoms with van der Waals surface area (Å²) in [7, 11) is 1.90. The van der Waals surface area contributed by atoms with Gasteiger partial charge in [0.25, 0.3) is 0 Å². The third-order valence-electron chi connectivity index (χ3n) is 3.29. The Kier molecular flexibility index (Phi) is 3.78. The lowest BCUT2D eigenvalue weighted by Crippen LogP contribution is -2.12. The summed E-state index contributed by atoms with van der Waals surface area (Å²) in [6.07, 6.45) is 0. The molecule has 2 heteroatoms. The first kappa shape index (κ1) is 12.8. The summed E-state index contributed by atoms with van der Waals surface area (Å²) in [4.78, 5) is 0. The molecule has 1 N–H and O–H groups in total. The summed E-state index contributed by atoms with van der Waals surface area (Å²) in [6.45, 7) is 4.09. The molecule has 1 atom stereocenters. The Labute approximate surface area is 108 Å². The van der Waals surface area contributed by atoms with Crippen molar-refractivity contribution in [3.05, 3.63) is 59.4 Å². The van der Waals surface area contributed by atoms with E-state index in [0.29, 0.717) is 5.56 Å². The van der Waals surface area contributed by atoms with Gasteiger partial charge in [0.2, 0.25) is 0 Å². The molecule has 0 saturated carbocycles. The van der Waals surface area contributed by atoms with E-state index in [0.717, 1.165) is 11.1 Å². The van der Waals surface area contributed by atoms with Crippen LogP contribution in [-0.2, 0) is 0 Å². The highest BCUT2D eigenvalue weighted by molar-refractivity contribution is 5.65. The Morgan fingerprint density at radius 2 is 1.72 bits per heavy atom. The largest absolute Gasteiger partial charge is 0.313 e. The van der Waals surface area contributed by atoms with E-state index in [-0.39, 0.29) is 11.9 Å². The SMILES string of the molecule is CNC(C)c1ccc(F)c(-c2ccc(C)cc2)c1. The molecule has 0 aliphatic rings. The summed E-state index contributed by atoms with van der Waals surface area (Å²) < 4.78 is 13.9. The molecule has 1 unspecified atom stereocenters. The normalized spacial score (nSPS) is 12.4. The van der Waals surface area contributed by atoms with E-state index >= 15 is 0 Å². The van der Waals surface area contributed by atoms with Crippen molar-refractivity contribution in [3.63, 3.8) is 0 Å². The molecule has 0 radical (unpaired) electrons. The van der Waals surface area contributed by atoms with Crippen LogP contribution in [0, 0.1) is 12.7 Å². The van der Waals surface area contributed by atoms with Crippen LogP contribution in [0.25, 0.3) is 11.1 Å². The van der Waals surface area contributed by atoms with Crippen LogP contribution < -0.4 is 5.32 Å². The minimum Gasteiger partial charge on any atom is -0.313 e. The number of benzene rings is 2. The summed E-state index contributed by atoms with van der Waals surface area (Å²) in [5.74, 6) is -0.175. The zero-order valence-electron chi connectivity index (χ0n) is 11.0. The topological polar surface area (TPSA) is 12.0 Å². The number of aryl methyl sites for hydroxylation is 1. The smallest absolute Gasteiger partial charge is 0.131 e. The van der Waals surface area contributed by atoms with Crippen molar-refractivity contribution in [2.24, 2.45) is 0 Å². The van der Waals surface area contributed by atoms with Gasteiger partial charge in [-0.3, -0.25) is 0 Å². The maximum Gasteiger partial charge on any atom is 0.131 e. The predicted octanol–water partition coefficient (Wildman–Crippen LogP) is 4.08. The van der Waals surface area contributed by atoms with Crippen molar-refractivity contribution >= 4 is 0 Å². The maximum atomic E-state index is 13.9. The molecular formula is C16H18FN. The molecule has 2 aromatic rings. The molecular weight excluding hydrogens is 225 g/mol. The van der Waals surface area contributed by atoms with Crippen molar-refractivity contribution < 1.29 is 4.39 Å². The van der Waals surface area contributed by atoms with Gasteiger partial charge >= 0.3 is 0 Å². The van der Waals surface area contributed by atoms with Gasteiger partial charge < -0.3 is 5.32 Å². The molecule has 2 aromatic carbocycles. The fourth-order valence-electron chi connectivity index (χ4n) is 1.93. The van der Waals surface area contributed by atoms with E-state index < -0.39 is 0 Å². The lowest BCUT2D eigenvalue weighted by atomic mass is 9.99. The first-order valence-corrected chi connectivity index (χ1v) is 6.15. The van der Waals surface area contributed by atoms with Gasteiger partial charge in [-0.15, -0.1) is 0 Å². The van der Waals surface area contributed by atoms with E-state index in [2.05, 4.69) is 12.2 Å². The van der Waals surface area contributed by atoms with E-state index in [1.807, 2.05) is 50.4 Å². The van der Waals surface area contributed by atoms with Crippen LogP contribution in [-0.4, -0.2) is 7.05 Å². The fraction of sp³-hybridized carbons (Fsp3) is 0.250.